The van der Waals surface area contributed by atoms with Gasteiger partial charge in [0.05, 0.1) is 12.0 Å². The summed E-state index contributed by atoms with van der Waals surface area (Å²) in [6.45, 7) is 7.27. The van der Waals surface area contributed by atoms with E-state index in [0.717, 1.165) is 54.9 Å². The average Bonchev–Trinajstić information content (AvgIpc) is 2.92. The highest BCUT2D eigenvalue weighted by molar-refractivity contribution is 5.53. The van der Waals surface area contributed by atoms with Crippen LogP contribution in [-0.4, -0.2) is 82.4 Å². The van der Waals surface area contributed by atoms with Crippen molar-refractivity contribution in [2.45, 2.75) is 38.3 Å². The largest absolute Gasteiger partial charge is 0.391 e. The summed E-state index contributed by atoms with van der Waals surface area (Å²) in [5.41, 5.74) is 2.04. The first kappa shape index (κ1) is 19.0. The maximum Gasteiger partial charge on any atom is 0.135 e. The molecular formula is C20H29N7O. The van der Waals surface area contributed by atoms with Crippen molar-refractivity contribution >= 4 is 11.6 Å². The van der Waals surface area contributed by atoms with E-state index in [4.69, 9.17) is 0 Å². The molecule has 0 radical (unpaired) electrons. The van der Waals surface area contributed by atoms with Crippen molar-refractivity contribution in [3.05, 3.63) is 35.7 Å². The molecule has 4 heterocycles. The van der Waals surface area contributed by atoms with Crippen LogP contribution in [0.3, 0.4) is 0 Å². The van der Waals surface area contributed by atoms with Gasteiger partial charge in [-0.3, -0.25) is 0 Å². The zero-order chi connectivity index (χ0) is 19.8. The van der Waals surface area contributed by atoms with E-state index in [1.54, 1.807) is 6.33 Å². The molecule has 150 valence electrons. The van der Waals surface area contributed by atoms with Gasteiger partial charge in [0.25, 0.3) is 0 Å². The number of aliphatic hydroxyl groups is 1. The van der Waals surface area contributed by atoms with Crippen molar-refractivity contribution in [3.63, 3.8) is 0 Å². The Balaban J connectivity index is 1.46. The van der Waals surface area contributed by atoms with Crippen molar-refractivity contribution < 1.29 is 5.11 Å². The molecule has 0 spiro atoms. The molecule has 4 rings (SSSR count). The van der Waals surface area contributed by atoms with Crippen LogP contribution in [0.5, 0.6) is 0 Å². The lowest BCUT2D eigenvalue weighted by Gasteiger charge is -2.39. The summed E-state index contributed by atoms with van der Waals surface area (Å²) in [5.74, 6) is 3.08. The number of aliphatic hydroxyl groups excluding tert-OH is 1. The van der Waals surface area contributed by atoms with Crippen molar-refractivity contribution in [3.8, 4) is 0 Å². The minimum Gasteiger partial charge on any atom is -0.391 e. The molecular weight excluding hydrogens is 354 g/mol. The predicted molar refractivity (Wildman–Crippen MR) is 109 cm³/mol. The molecule has 0 aliphatic carbocycles. The lowest BCUT2D eigenvalue weighted by atomic mass is 9.99. The number of aryl methyl sites for hydroxylation is 2. The maximum atomic E-state index is 10.2. The molecule has 0 unspecified atom stereocenters. The summed E-state index contributed by atoms with van der Waals surface area (Å²) in [7, 11) is 4.12. The summed E-state index contributed by atoms with van der Waals surface area (Å²) >= 11 is 0. The van der Waals surface area contributed by atoms with E-state index in [2.05, 4.69) is 48.7 Å². The first-order valence-corrected chi connectivity index (χ1v) is 9.87. The van der Waals surface area contributed by atoms with Crippen LogP contribution in [0, 0.1) is 13.8 Å². The van der Waals surface area contributed by atoms with Gasteiger partial charge in [0, 0.05) is 49.7 Å². The highest BCUT2D eigenvalue weighted by Crippen LogP contribution is 2.32. The Bertz CT molecular complexity index is 817. The Morgan fingerprint density at radius 3 is 2.39 bits per heavy atom. The van der Waals surface area contributed by atoms with Crippen LogP contribution in [-0.2, 0) is 0 Å². The molecule has 1 N–H and O–H groups in total. The van der Waals surface area contributed by atoms with E-state index in [1.165, 1.54) is 0 Å². The SMILES string of the molecule is Cc1cc(C)nc(C2CN(c3cc(N4C[C@H](O)C[C@@H]4CN(C)C)ncn3)C2)n1. The van der Waals surface area contributed by atoms with E-state index in [1.807, 2.05) is 26.0 Å². The topological polar surface area (TPSA) is 81.5 Å². The number of anilines is 2. The van der Waals surface area contributed by atoms with Crippen molar-refractivity contribution in [1.82, 2.24) is 24.8 Å². The summed E-state index contributed by atoms with van der Waals surface area (Å²) in [5, 5.41) is 10.2. The van der Waals surface area contributed by atoms with Gasteiger partial charge < -0.3 is 19.8 Å². The lowest BCUT2D eigenvalue weighted by Crippen LogP contribution is -2.46. The average molecular weight is 384 g/mol. The van der Waals surface area contributed by atoms with Crippen LogP contribution >= 0.6 is 0 Å². The monoisotopic (exact) mass is 383 g/mol. The van der Waals surface area contributed by atoms with E-state index in [0.29, 0.717) is 12.5 Å². The van der Waals surface area contributed by atoms with Gasteiger partial charge in [-0.1, -0.05) is 0 Å². The highest BCUT2D eigenvalue weighted by Gasteiger charge is 2.34. The van der Waals surface area contributed by atoms with Crippen molar-refractivity contribution in [2.75, 3.05) is 50.1 Å². The quantitative estimate of drug-likeness (QED) is 0.819. The summed E-state index contributed by atoms with van der Waals surface area (Å²) in [6.07, 6.45) is 2.09. The summed E-state index contributed by atoms with van der Waals surface area (Å²) in [4.78, 5) is 24.8. The van der Waals surface area contributed by atoms with Gasteiger partial charge in [-0.15, -0.1) is 0 Å². The molecule has 2 aliphatic rings. The Morgan fingerprint density at radius 2 is 1.71 bits per heavy atom. The molecule has 0 saturated carbocycles. The second-order valence-corrected chi connectivity index (χ2v) is 8.30. The van der Waals surface area contributed by atoms with Crippen molar-refractivity contribution in [1.29, 1.82) is 0 Å². The summed E-state index contributed by atoms with van der Waals surface area (Å²) in [6, 6.07) is 4.31. The zero-order valence-corrected chi connectivity index (χ0v) is 17.1. The molecule has 2 atom stereocenters. The first-order chi connectivity index (χ1) is 13.4. The molecule has 8 heteroatoms. The number of rotatable bonds is 5. The fourth-order valence-electron chi connectivity index (χ4n) is 4.20. The fourth-order valence-corrected chi connectivity index (χ4v) is 4.20. The molecule has 2 fully saturated rings. The Morgan fingerprint density at radius 1 is 1.04 bits per heavy atom. The summed E-state index contributed by atoms with van der Waals surface area (Å²) < 4.78 is 0. The lowest BCUT2D eigenvalue weighted by molar-refractivity contribution is 0.191. The zero-order valence-electron chi connectivity index (χ0n) is 17.1. The molecule has 8 nitrogen and oxygen atoms in total. The number of aromatic nitrogens is 4. The fraction of sp³-hybridized carbons (Fsp3) is 0.600. The molecule has 0 amide bonds. The molecule has 28 heavy (non-hydrogen) atoms. The van der Waals surface area contributed by atoms with Gasteiger partial charge in [0.15, 0.2) is 0 Å². The smallest absolute Gasteiger partial charge is 0.135 e. The van der Waals surface area contributed by atoms with E-state index < -0.39 is 0 Å². The van der Waals surface area contributed by atoms with E-state index in [9.17, 15) is 5.11 Å². The number of β-amino-alcohol motifs (C(OH)–C–C–N with tert-alkyl or cyclic N) is 1. The molecule has 0 aromatic carbocycles. The van der Waals surface area contributed by atoms with E-state index >= 15 is 0 Å². The van der Waals surface area contributed by atoms with Crippen LogP contribution in [0.2, 0.25) is 0 Å². The third-order valence-electron chi connectivity index (χ3n) is 5.47. The van der Waals surface area contributed by atoms with Crippen LogP contribution in [0.4, 0.5) is 11.6 Å². The van der Waals surface area contributed by atoms with Gasteiger partial charge in [-0.2, -0.15) is 0 Å². The predicted octanol–water partition coefficient (Wildman–Crippen LogP) is 0.988. The van der Waals surface area contributed by atoms with Gasteiger partial charge in [-0.05, 0) is 40.4 Å². The molecule has 2 aliphatic heterocycles. The second kappa shape index (κ2) is 7.60. The minimum atomic E-state index is -0.307. The van der Waals surface area contributed by atoms with Gasteiger partial charge in [0.2, 0.25) is 0 Å². The first-order valence-electron chi connectivity index (χ1n) is 9.87. The third kappa shape index (κ3) is 3.93. The van der Waals surface area contributed by atoms with Gasteiger partial charge >= 0.3 is 0 Å². The normalized spacial score (nSPS) is 22.8. The number of nitrogens with zero attached hydrogens (tertiary/aromatic N) is 7. The van der Waals surface area contributed by atoms with Gasteiger partial charge in [-0.25, -0.2) is 19.9 Å². The number of likely N-dealkylation sites (N-methyl/N-ethyl adjacent to an activating group) is 1. The molecule has 2 aromatic rings. The Labute approximate surface area is 166 Å². The maximum absolute atomic E-state index is 10.2. The molecule has 2 aromatic heterocycles. The Kier molecular flexibility index (Phi) is 5.16. The van der Waals surface area contributed by atoms with Crippen LogP contribution in [0.15, 0.2) is 18.5 Å². The molecule has 2 saturated heterocycles. The van der Waals surface area contributed by atoms with Crippen LogP contribution in [0.25, 0.3) is 0 Å². The van der Waals surface area contributed by atoms with Crippen molar-refractivity contribution in [2.24, 2.45) is 0 Å². The standard InChI is InChI=1S/C20H29N7O/c1-13-5-14(2)24-20(23-13)15-8-26(9-15)18-7-19(22-12-21-18)27-11-17(28)6-16(27)10-25(3)4/h5,7,12,15-17,28H,6,8-11H2,1-4H3/t16-,17-/m1/s1. The highest BCUT2D eigenvalue weighted by atomic mass is 16.3. The Hall–Kier alpha value is -2.32. The number of hydrogen-bond donors (Lipinski definition) is 1. The third-order valence-corrected chi connectivity index (χ3v) is 5.47. The van der Waals surface area contributed by atoms with E-state index in [-0.39, 0.29) is 12.1 Å². The minimum absolute atomic E-state index is 0.264. The van der Waals surface area contributed by atoms with Gasteiger partial charge in [0.1, 0.15) is 23.8 Å². The number of hydrogen-bond acceptors (Lipinski definition) is 8. The van der Waals surface area contributed by atoms with Crippen LogP contribution in [0.1, 0.15) is 29.6 Å². The molecule has 0 bridgehead atoms. The van der Waals surface area contributed by atoms with Crippen LogP contribution < -0.4 is 9.80 Å². The second-order valence-electron chi connectivity index (χ2n) is 8.30.